The molecule has 2 aromatic rings. The van der Waals surface area contributed by atoms with E-state index in [9.17, 15) is 9.90 Å². The van der Waals surface area contributed by atoms with Crippen molar-refractivity contribution in [2.75, 3.05) is 11.9 Å². The SMILES string of the molecule is Cc1cnc(NC(=O)NC[C@@](C)(O)c2ccsc2)s1. The van der Waals surface area contributed by atoms with Gasteiger partial charge in [-0.25, -0.2) is 9.78 Å². The van der Waals surface area contributed by atoms with E-state index in [0.717, 1.165) is 10.4 Å². The predicted octanol–water partition coefficient (Wildman–Crippen LogP) is 2.54. The molecule has 3 N–H and O–H groups in total. The number of thiophene rings is 1. The summed E-state index contributed by atoms with van der Waals surface area (Å²) >= 11 is 2.91. The second kappa shape index (κ2) is 5.68. The summed E-state index contributed by atoms with van der Waals surface area (Å²) in [4.78, 5) is 16.7. The number of nitrogens with one attached hydrogen (secondary N) is 2. The molecular formula is C12H15N3O2S2. The molecule has 5 nitrogen and oxygen atoms in total. The van der Waals surface area contributed by atoms with E-state index in [1.54, 1.807) is 13.1 Å². The van der Waals surface area contributed by atoms with E-state index in [1.165, 1.54) is 22.7 Å². The van der Waals surface area contributed by atoms with Gasteiger partial charge in [0.1, 0.15) is 5.60 Å². The molecule has 0 saturated carbocycles. The van der Waals surface area contributed by atoms with Crippen LogP contribution < -0.4 is 10.6 Å². The van der Waals surface area contributed by atoms with Crippen LogP contribution in [0.4, 0.5) is 9.93 Å². The van der Waals surface area contributed by atoms with Crippen LogP contribution in [0.15, 0.2) is 23.0 Å². The summed E-state index contributed by atoms with van der Waals surface area (Å²) in [7, 11) is 0. The Kier molecular flexibility index (Phi) is 4.18. The molecule has 102 valence electrons. The van der Waals surface area contributed by atoms with Crippen LogP contribution in [0, 0.1) is 6.92 Å². The van der Waals surface area contributed by atoms with Gasteiger partial charge in [0.05, 0.1) is 6.54 Å². The molecule has 2 amide bonds. The summed E-state index contributed by atoms with van der Waals surface area (Å²) in [6, 6.07) is 1.47. The first-order valence-corrected chi connectivity index (χ1v) is 7.45. The zero-order chi connectivity index (χ0) is 13.9. The van der Waals surface area contributed by atoms with Crippen LogP contribution in [0.3, 0.4) is 0 Å². The highest BCUT2D eigenvalue weighted by molar-refractivity contribution is 7.15. The van der Waals surface area contributed by atoms with Crippen molar-refractivity contribution < 1.29 is 9.90 Å². The fourth-order valence-electron chi connectivity index (χ4n) is 1.48. The van der Waals surface area contributed by atoms with E-state index in [0.29, 0.717) is 5.13 Å². The number of amides is 2. The van der Waals surface area contributed by atoms with Gasteiger partial charge in [0.15, 0.2) is 5.13 Å². The van der Waals surface area contributed by atoms with Crippen molar-refractivity contribution in [2.45, 2.75) is 19.4 Å². The van der Waals surface area contributed by atoms with E-state index in [1.807, 2.05) is 23.8 Å². The Morgan fingerprint density at radius 2 is 2.37 bits per heavy atom. The molecule has 2 heterocycles. The van der Waals surface area contributed by atoms with E-state index in [4.69, 9.17) is 0 Å². The van der Waals surface area contributed by atoms with Crippen molar-refractivity contribution >= 4 is 33.8 Å². The van der Waals surface area contributed by atoms with Crippen LogP contribution in [-0.4, -0.2) is 22.7 Å². The number of carbonyl (C=O) groups is 1. The first kappa shape index (κ1) is 14.0. The Balaban J connectivity index is 1.87. The van der Waals surface area contributed by atoms with E-state index in [2.05, 4.69) is 15.6 Å². The molecule has 0 aromatic carbocycles. The topological polar surface area (TPSA) is 74.2 Å². The number of thiazole rings is 1. The molecule has 19 heavy (non-hydrogen) atoms. The lowest BCUT2D eigenvalue weighted by Crippen LogP contribution is -2.40. The third-order valence-electron chi connectivity index (χ3n) is 2.58. The molecule has 2 aromatic heterocycles. The molecule has 0 fully saturated rings. The zero-order valence-corrected chi connectivity index (χ0v) is 12.3. The van der Waals surface area contributed by atoms with Gasteiger partial charge >= 0.3 is 6.03 Å². The molecule has 0 saturated heterocycles. The predicted molar refractivity (Wildman–Crippen MR) is 77.8 cm³/mol. The third-order valence-corrected chi connectivity index (χ3v) is 4.09. The fourth-order valence-corrected chi connectivity index (χ4v) is 2.92. The van der Waals surface area contributed by atoms with Gasteiger partial charge in [0, 0.05) is 11.1 Å². The number of aromatic nitrogens is 1. The van der Waals surface area contributed by atoms with Crippen molar-refractivity contribution in [3.8, 4) is 0 Å². The fraction of sp³-hybridized carbons (Fsp3) is 0.333. The van der Waals surface area contributed by atoms with Gasteiger partial charge in [-0.1, -0.05) is 0 Å². The maximum Gasteiger partial charge on any atom is 0.321 e. The number of carbonyl (C=O) groups excluding carboxylic acids is 1. The number of aryl methyl sites for hydroxylation is 1. The second-order valence-electron chi connectivity index (χ2n) is 4.37. The summed E-state index contributed by atoms with van der Waals surface area (Å²) in [5, 5.41) is 19.8. The van der Waals surface area contributed by atoms with E-state index < -0.39 is 5.60 Å². The third kappa shape index (κ3) is 3.76. The van der Waals surface area contributed by atoms with Crippen molar-refractivity contribution in [1.29, 1.82) is 0 Å². The second-order valence-corrected chi connectivity index (χ2v) is 6.38. The average Bonchev–Trinajstić information content (AvgIpc) is 2.98. The van der Waals surface area contributed by atoms with Crippen LogP contribution in [0.1, 0.15) is 17.4 Å². The number of rotatable bonds is 4. The van der Waals surface area contributed by atoms with Crippen molar-refractivity contribution in [2.24, 2.45) is 0 Å². The molecule has 0 spiro atoms. The standard InChI is InChI=1S/C12H15N3O2S2/c1-8-5-13-11(19-8)15-10(16)14-7-12(2,17)9-3-4-18-6-9/h3-6,17H,7H2,1-2H3,(H2,13,14,15,16)/t12-/m1/s1. The summed E-state index contributed by atoms with van der Waals surface area (Å²) in [5.74, 6) is 0. The largest absolute Gasteiger partial charge is 0.384 e. The summed E-state index contributed by atoms with van der Waals surface area (Å²) in [6.45, 7) is 3.73. The lowest BCUT2D eigenvalue weighted by molar-refractivity contribution is 0.0604. The van der Waals surface area contributed by atoms with Gasteiger partial charge in [-0.15, -0.1) is 11.3 Å². The average molecular weight is 297 g/mol. The lowest BCUT2D eigenvalue weighted by atomic mass is 9.99. The quantitative estimate of drug-likeness (QED) is 0.812. The molecule has 1 atom stereocenters. The highest BCUT2D eigenvalue weighted by atomic mass is 32.1. The van der Waals surface area contributed by atoms with E-state index in [-0.39, 0.29) is 12.6 Å². The summed E-state index contributed by atoms with van der Waals surface area (Å²) in [6.07, 6.45) is 1.70. The molecule has 2 rings (SSSR count). The van der Waals surface area contributed by atoms with Crippen LogP contribution in [0.5, 0.6) is 0 Å². The van der Waals surface area contributed by atoms with Gasteiger partial charge in [0.25, 0.3) is 0 Å². The Hall–Kier alpha value is -1.44. The minimum atomic E-state index is -1.07. The van der Waals surface area contributed by atoms with Gasteiger partial charge in [-0.2, -0.15) is 11.3 Å². The van der Waals surface area contributed by atoms with Gasteiger partial charge in [0.2, 0.25) is 0 Å². The number of hydrogen-bond acceptors (Lipinski definition) is 5. The number of aliphatic hydroxyl groups is 1. The first-order valence-electron chi connectivity index (χ1n) is 5.70. The summed E-state index contributed by atoms with van der Waals surface area (Å²) < 4.78 is 0. The maximum atomic E-state index is 11.7. The molecule has 0 aliphatic rings. The lowest BCUT2D eigenvalue weighted by Gasteiger charge is -2.22. The van der Waals surface area contributed by atoms with Gasteiger partial charge in [-0.3, -0.25) is 5.32 Å². The Morgan fingerprint density at radius 3 is 2.95 bits per heavy atom. The first-order chi connectivity index (χ1) is 8.97. The van der Waals surface area contributed by atoms with Crippen molar-refractivity contribution in [3.05, 3.63) is 33.5 Å². The molecule has 0 radical (unpaired) electrons. The number of hydrogen-bond donors (Lipinski definition) is 3. The number of urea groups is 1. The molecule has 0 aliphatic heterocycles. The highest BCUT2D eigenvalue weighted by Crippen LogP contribution is 2.22. The van der Waals surface area contributed by atoms with Crippen LogP contribution >= 0.6 is 22.7 Å². The van der Waals surface area contributed by atoms with Crippen LogP contribution in [0.25, 0.3) is 0 Å². The smallest absolute Gasteiger partial charge is 0.321 e. The Bertz CT molecular complexity index is 549. The minimum Gasteiger partial charge on any atom is -0.384 e. The van der Waals surface area contributed by atoms with Crippen LogP contribution in [-0.2, 0) is 5.60 Å². The zero-order valence-electron chi connectivity index (χ0n) is 10.6. The van der Waals surface area contributed by atoms with Crippen LogP contribution in [0.2, 0.25) is 0 Å². The monoisotopic (exact) mass is 297 g/mol. The van der Waals surface area contributed by atoms with Gasteiger partial charge < -0.3 is 10.4 Å². The highest BCUT2D eigenvalue weighted by Gasteiger charge is 2.24. The number of anilines is 1. The molecule has 0 aliphatic carbocycles. The van der Waals surface area contributed by atoms with Crippen molar-refractivity contribution in [3.63, 3.8) is 0 Å². The normalized spacial score (nSPS) is 13.8. The minimum absolute atomic E-state index is 0.139. The molecule has 0 unspecified atom stereocenters. The van der Waals surface area contributed by atoms with Crippen molar-refractivity contribution in [1.82, 2.24) is 10.3 Å². The van der Waals surface area contributed by atoms with E-state index >= 15 is 0 Å². The Labute approximate surface area is 119 Å². The Morgan fingerprint density at radius 1 is 1.58 bits per heavy atom. The molecule has 7 heteroatoms. The molecular weight excluding hydrogens is 282 g/mol. The van der Waals surface area contributed by atoms with Gasteiger partial charge in [-0.05, 0) is 36.2 Å². The number of nitrogens with zero attached hydrogens (tertiary/aromatic N) is 1. The maximum absolute atomic E-state index is 11.7. The molecule has 0 bridgehead atoms. The summed E-state index contributed by atoms with van der Waals surface area (Å²) in [5.41, 5.74) is -0.279.